The van der Waals surface area contributed by atoms with Crippen LogP contribution in [0, 0.1) is 5.92 Å². The molecule has 0 atom stereocenters. The van der Waals surface area contributed by atoms with Crippen molar-refractivity contribution < 1.29 is 36.7 Å². The zero-order valence-corrected chi connectivity index (χ0v) is 15.4. The molecule has 1 aliphatic rings. The maximum Gasteiger partial charge on any atom is 0.416 e. The Kier molecular flexibility index (Phi) is 5.80. The lowest BCUT2D eigenvalue weighted by atomic mass is 9.80. The van der Waals surface area contributed by atoms with Gasteiger partial charge in [-0.2, -0.15) is 13.2 Å². The smallest absolute Gasteiger partial charge is 0.308 e. The quantitative estimate of drug-likeness (QED) is 0.421. The van der Waals surface area contributed by atoms with Gasteiger partial charge in [-0.05, 0) is 35.9 Å². The lowest BCUT2D eigenvalue weighted by Gasteiger charge is -2.37. The SMILES string of the molecule is O=C(NO)c1ccc(CN(C(=O)C2CC(F)(F)C2)c2cccc(C(F)(F)F)c2)cc1. The number of anilines is 1. The van der Waals surface area contributed by atoms with Crippen LogP contribution in [0.3, 0.4) is 0 Å². The highest BCUT2D eigenvalue weighted by atomic mass is 19.4. The summed E-state index contributed by atoms with van der Waals surface area (Å²) in [5.41, 5.74) is 1.01. The van der Waals surface area contributed by atoms with E-state index in [0.717, 1.165) is 23.1 Å². The highest BCUT2D eigenvalue weighted by Gasteiger charge is 2.50. The molecule has 1 aliphatic carbocycles. The van der Waals surface area contributed by atoms with Gasteiger partial charge < -0.3 is 4.90 Å². The van der Waals surface area contributed by atoms with Crippen molar-refractivity contribution in [3.8, 4) is 0 Å². The van der Waals surface area contributed by atoms with E-state index < -0.39 is 48.2 Å². The zero-order chi connectivity index (χ0) is 22.1. The monoisotopic (exact) mass is 428 g/mol. The minimum Gasteiger partial charge on any atom is -0.308 e. The molecule has 0 bridgehead atoms. The van der Waals surface area contributed by atoms with E-state index in [1.807, 2.05) is 0 Å². The molecule has 2 aromatic carbocycles. The Labute approximate surface area is 168 Å². The van der Waals surface area contributed by atoms with Crippen LogP contribution in [0.25, 0.3) is 0 Å². The van der Waals surface area contributed by atoms with E-state index in [4.69, 9.17) is 5.21 Å². The molecular weight excluding hydrogens is 411 g/mol. The van der Waals surface area contributed by atoms with Crippen molar-refractivity contribution in [2.45, 2.75) is 31.5 Å². The van der Waals surface area contributed by atoms with E-state index in [2.05, 4.69) is 0 Å². The summed E-state index contributed by atoms with van der Waals surface area (Å²) in [6.45, 7) is -0.177. The van der Waals surface area contributed by atoms with Crippen LogP contribution in [0.4, 0.5) is 27.6 Å². The molecule has 1 fully saturated rings. The van der Waals surface area contributed by atoms with Gasteiger partial charge in [0.2, 0.25) is 11.8 Å². The number of hydroxylamine groups is 1. The minimum absolute atomic E-state index is 0.0674. The van der Waals surface area contributed by atoms with Gasteiger partial charge in [-0.1, -0.05) is 18.2 Å². The fourth-order valence-electron chi connectivity index (χ4n) is 3.21. The number of benzene rings is 2. The van der Waals surface area contributed by atoms with Gasteiger partial charge in [0.25, 0.3) is 5.91 Å². The first kappa shape index (κ1) is 21.7. The first-order valence-electron chi connectivity index (χ1n) is 8.90. The van der Waals surface area contributed by atoms with E-state index in [0.29, 0.717) is 5.56 Å². The largest absolute Gasteiger partial charge is 0.416 e. The first-order chi connectivity index (χ1) is 14.0. The molecule has 5 nitrogen and oxygen atoms in total. The molecule has 0 radical (unpaired) electrons. The summed E-state index contributed by atoms with van der Waals surface area (Å²) in [4.78, 5) is 25.3. The van der Waals surface area contributed by atoms with Crippen LogP contribution in [0.2, 0.25) is 0 Å². The minimum atomic E-state index is -4.63. The van der Waals surface area contributed by atoms with Gasteiger partial charge in [0, 0.05) is 30.0 Å². The van der Waals surface area contributed by atoms with Crippen molar-refractivity contribution in [1.29, 1.82) is 0 Å². The van der Waals surface area contributed by atoms with Crippen molar-refractivity contribution in [3.05, 3.63) is 65.2 Å². The van der Waals surface area contributed by atoms with Crippen molar-refractivity contribution in [1.82, 2.24) is 5.48 Å². The maximum absolute atomic E-state index is 13.2. The highest BCUT2D eigenvalue weighted by Crippen LogP contribution is 2.44. The number of nitrogens with zero attached hydrogens (tertiary/aromatic N) is 1. The molecule has 0 aromatic heterocycles. The second kappa shape index (κ2) is 8.02. The molecule has 10 heteroatoms. The van der Waals surface area contributed by atoms with Crippen LogP contribution in [0.1, 0.15) is 34.3 Å². The van der Waals surface area contributed by atoms with Gasteiger partial charge in [0.1, 0.15) is 0 Å². The van der Waals surface area contributed by atoms with Gasteiger partial charge >= 0.3 is 6.18 Å². The molecule has 2 aromatic rings. The number of rotatable bonds is 5. The molecule has 3 rings (SSSR count). The Hall–Kier alpha value is -3.01. The Morgan fingerprint density at radius 1 is 1.10 bits per heavy atom. The average molecular weight is 428 g/mol. The highest BCUT2D eigenvalue weighted by molar-refractivity contribution is 5.96. The average Bonchev–Trinajstić information content (AvgIpc) is 2.69. The normalized spacial score (nSPS) is 15.9. The molecule has 1 saturated carbocycles. The third-order valence-electron chi connectivity index (χ3n) is 4.85. The Balaban J connectivity index is 1.90. The number of carbonyl (C=O) groups excluding carboxylic acids is 2. The summed E-state index contributed by atoms with van der Waals surface area (Å²) in [7, 11) is 0. The second-order valence-corrected chi connectivity index (χ2v) is 7.07. The summed E-state index contributed by atoms with van der Waals surface area (Å²) in [6.07, 6.45) is -5.94. The second-order valence-electron chi connectivity index (χ2n) is 7.07. The molecule has 0 aliphatic heterocycles. The van der Waals surface area contributed by atoms with Crippen LogP contribution >= 0.6 is 0 Å². The van der Waals surface area contributed by atoms with Gasteiger partial charge in [-0.15, -0.1) is 0 Å². The van der Waals surface area contributed by atoms with E-state index >= 15 is 0 Å². The third kappa shape index (κ3) is 4.76. The fraction of sp³-hybridized carbons (Fsp3) is 0.300. The molecule has 2 N–H and O–H groups in total. The van der Waals surface area contributed by atoms with Crippen LogP contribution in [-0.2, 0) is 17.5 Å². The molecule has 0 heterocycles. The summed E-state index contributed by atoms with van der Waals surface area (Å²) in [5.74, 6) is -5.41. The topological polar surface area (TPSA) is 69.6 Å². The maximum atomic E-state index is 13.2. The van der Waals surface area contributed by atoms with Gasteiger partial charge in [-0.3, -0.25) is 14.8 Å². The number of carbonyl (C=O) groups is 2. The molecule has 0 unspecified atom stereocenters. The first-order valence-corrected chi connectivity index (χ1v) is 8.90. The van der Waals surface area contributed by atoms with E-state index in [9.17, 15) is 31.5 Å². The predicted molar refractivity (Wildman–Crippen MR) is 96.0 cm³/mol. The lowest BCUT2D eigenvalue weighted by Crippen LogP contribution is -2.46. The third-order valence-corrected chi connectivity index (χ3v) is 4.85. The molecular formula is C20H17F5N2O3. The van der Waals surface area contributed by atoms with Crippen LogP contribution in [0.15, 0.2) is 48.5 Å². The molecule has 0 spiro atoms. The standard InChI is InChI=1S/C20H17F5N2O3/c21-19(22)9-14(10-19)18(29)27(16-3-1-2-15(8-16)20(23,24)25)11-12-4-6-13(7-5-12)17(28)26-30/h1-8,14,30H,9-11H2,(H,26,28). The number of halogens is 5. The van der Waals surface area contributed by atoms with Crippen LogP contribution < -0.4 is 10.4 Å². The van der Waals surface area contributed by atoms with Crippen molar-refractivity contribution in [2.24, 2.45) is 5.92 Å². The summed E-state index contributed by atoms with van der Waals surface area (Å²) in [5, 5.41) is 8.65. The Morgan fingerprint density at radius 2 is 1.73 bits per heavy atom. The Bertz CT molecular complexity index is 936. The van der Waals surface area contributed by atoms with Crippen LogP contribution in [-0.4, -0.2) is 22.9 Å². The molecule has 0 saturated heterocycles. The molecule has 160 valence electrons. The number of hydrogen-bond donors (Lipinski definition) is 2. The summed E-state index contributed by atoms with van der Waals surface area (Å²) in [6, 6.07) is 9.70. The molecule has 30 heavy (non-hydrogen) atoms. The summed E-state index contributed by atoms with van der Waals surface area (Å²) >= 11 is 0. The fourth-order valence-corrected chi connectivity index (χ4v) is 3.21. The van der Waals surface area contributed by atoms with E-state index in [-0.39, 0.29) is 17.8 Å². The summed E-state index contributed by atoms with van der Waals surface area (Å²) < 4.78 is 65.7. The Morgan fingerprint density at radius 3 is 2.27 bits per heavy atom. The van der Waals surface area contributed by atoms with Crippen molar-refractivity contribution >= 4 is 17.5 Å². The number of alkyl halides is 5. The van der Waals surface area contributed by atoms with Crippen molar-refractivity contribution in [3.63, 3.8) is 0 Å². The number of amides is 2. The predicted octanol–water partition coefficient (Wildman–Crippen LogP) is 4.40. The molecule has 2 amide bonds. The lowest BCUT2D eigenvalue weighted by molar-refractivity contribution is -0.147. The van der Waals surface area contributed by atoms with Crippen molar-refractivity contribution in [2.75, 3.05) is 4.90 Å². The van der Waals surface area contributed by atoms with E-state index in [1.165, 1.54) is 35.8 Å². The van der Waals surface area contributed by atoms with Gasteiger partial charge in [0.15, 0.2) is 0 Å². The van der Waals surface area contributed by atoms with Gasteiger partial charge in [-0.25, -0.2) is 14.3 Å². The van der Waals surface area contributed by atoms with E-state index in [1.54, 1.807) is 0 Å². The number of nitrogens with one attached hydrogen (secondary N) is 1. The number of hydrogen-bond acceptors (Lipinski definition) is 3. The zero-order valence-electron chi connectivity index (χ0n) is 15.4. The van der Waals surface area contributed by atoms with Gasteiger partial charge in [0.05, 0.1) is 12.1 Å². The van der Waals surface area contributed by atoms with Crippen LogP contribution in [0.5, 0.6) is 0 Å².